The van der Waals surface area contributed by atoms with Crippen molar-refractivity contribution >= 4 is 27.5 Å². The normalized spacial score (nSPS) is 19.5. The van der Waals surface area contributed by atoms with Crippen LogP contribution in [0.15, 0.2) is 22.9 Å². The molecule has 3 heterocycles. The van der Waals surface area contributed by atoms with E-state index in [1.165, 1.54) is 6.42 Å². The van der Waals surface area contributed by atoms with Gasteiger partial charge in [-0.2, -0.15) is 5.10 Å². The molecule has 1 aliphatic rings. The van der Waals surface area contributed by atoms with Gasteiger partial charge in [0.2, 0.25) is 0 Å². The molecule has 6 heteroatoms. The van der Waals surface area contributed by atoms with Crippen LogP contribution < -0.4 is 0 Å². The third-order valence-corrected chi connectivity index (χ3v) is 4.27. The minimum atomic E-state index is 0.0261. The second kappa shape index (κ2) is 5.52. The molecule has 5 nitrogen and oxygen atoms in total. The number of carbonyl (C=O) groups excluding carboxylic acids is 1. The smallest absolute Gasteiger partial charge is 0.274 e. The monoisotopic (exact) mass is 336 g/mol. The fourth-order valence-electron chi connectivity index (χ4n) is 2.80. The topological polar surface area (TPSA) is 50.5 Å². The number of nitrogens with zero attached hydrogens (tertiary/aromatic N) is 4. The van der Waals surface area contributed by atoms with E-state index in [1.807, 2.05) is 11.1 Å². The summed E-state index contributed by atoms with van der Waals surface area (Å²) in [5.41, 5.74) is 1.18. The lowest BCUT2D eigenvalue weighted by Crippen LogP contribution is -2.43. The first-order chi connectivity index (χ1) is 9.69. The zero-order valence-electron chi connectivity index (χ0n) is 11.4. The van der Waals surface area contributed by atoms with Crippen LogP contribution in [0.4, 0.5) is 0 Å². The fourth-order valence-corrected chi connectivity index (χ4v) is 3.09. The van der Waals surface area contributed by atoms with Gasteiger partial charge in [-0.3, -0.25) is 4.79 Å². The van der Waals surface area contributed by atoms with Gasteiger partial charge in [-0.1, -0.05) is 6.92 Å². The van der Waals surface area contributed by atoms with Crippen molar-refractivity contribution in [3.05, 3.63) is 28.6 Å². The van der Waals surface area contributed by atoms with Crippen LogP contribution in [0.1, 0.15) is 43.1 Å². The van der Waals surface area contributed by atoms with Crippen LogP contribution >= 0.6 is 15.9 Å². The minimum absolute atomic E-state index is 0.0261. The standard InChI is InChI=1S/C14H17BrN4O/c1-2-11-5-3-4-6-18(11)14(20)12-7-13-16-8-10(15)9-19(13)17-12/h7-9,11H,2-6H2,1H3/t11-/m1/s1. The molecule has 106 valence electrons. The Balaban J connectivity index is 1.91. The Labute approximate surface area is 126 Å². The number of halogens is 1. The molecule has 0 aromatic carbocycles. The third kappa shape index (κ3) is 2.44. The van der Waals surface area contributed by atoms with Crippen molar-refractivity contribution in [2.24, 2.45) is 0 Å². The summed E-state index contributed by atoms with van der Waals surface area (Å²) >= 11 is 3.36. The lowest BCUT2D eigenvalue weighted by atomic mass is 9.99. The average molecular weight is 337 g/mol. The molecule has 2 aromatic rings. The summed E-state index contributed by atoms with van der Waals surface area (Å²) in [4.78, 5) is 18.9. The first-order valence-electron chi connectivity index (χ1n) is 7.01. The zero-order chi connectivity index (χ0) is 14.1. The second-order valence-electron chi connectivity index (χ2n) is 5.16. The maximum Gasteiger partial charge on any atom is 0.274 e. The number of hydrogen-bond donors (Lipinski definition) is 0. The highest BCUT2D eigenvalue weighted by Crippen LogP contribution is 2.22. The van der Waals surface area contributed by atoms with E-state index in [1.54, 1.807) is 16.8 Å². The van der Waals surface area contributed by atoms with Crippen LogP contribution in [0.3, 0.4) is 0 Å². The van der Waals surface area contributed by atoms with Crippen molar-refractivity contribution in [2.45, 2.75) is 38.6 Å². The summed E-state index contributed by atoms with van der Waals surface area (Å²) in [7, 11) is 0. The maximum atomic E-state index is 12.6. The Hall–Kier alpha value is -1.43. The van der Waals surface area contributed by atoms with E-state index in [2.05, 4.69) is 32.9 Å². The molecule has 3 rings (SSSR count). The highest BCUT2D eigenvalue weighted by atomic mass is 79.9. The summed E-state index contributed by atoms with van der Waals surface area (Å²) in [5, 5.41) is 4.35. The van der Waals surface area contributed by atoms with Crippen LogP contribution in [0.25, 0.3) is 5.65 Å². The van der Waals surface area contributed by atoms with Gasteiger partial charge in [-0.25, -0.2) is 9.50 Å². The molecule has 1 atom stereocenters. The van der Waals surface area contributed by atoms with Gasteiger partial charge in [-0.15, -0.1) is 0 Å². The summed E-state index contributed by atoms with van der Waals surface area (Å²) < 4.78 is 2.49. The van der Waals surface area contributed by atoms with Gasteiger partial charge in [0, 0.05) is 31.0 Å². The molecule has 0 N–H and O–H groups in total. The van der Waals surface area contributed by atoms with E-state index in [4.69, 9.17) is 0 Å². The van der Waals surface area contributed by atoms with Crippen LogP contribution in [0.5, 0.6) is 0 Å². The number of amides is 1. The Morgan fingerprint density at radius 3 is 3.15 bits per heavy atom. The molecule has 1 amide bonds. The molecule has 0 bridgehead atoms. The molecular weight excluding hydrogens is 320 g/mol. The van der Waals surface area contributed by atoms with Gasteiger partial charge in [0.25, 0.3) is 5.91 Å². The number of hydrogen-bond acceptors (Lipinski definition) is 3. The molecule has 0 radical (unpaired) electrons. The van der Waals surface area contributed by atoms with E-state index < -0.39 is 0 Å². The molecule has 1 saturated heterocycles. The van der Waals surface area contributed by atoms with Crippen LogP contribution in [0.2, 0.25) is 0 Å². The molecule has 1 aliphatic heterocycles. The van der Waals surface area contributed by atoms with Crippen molar-refractivity contribution in [3.8, 4) is 0 Å². The quantitative estimate of drug-likeness (QED) is 0.847. The summed E-state index contributed by atoms with van der Waals surface area (Å²) in [5.74, 6) is 0.0261. The molecule has 2 aromatic heterocycles. The maximum absolute atomic E-state index is 12.6. The molecule has 0 saturated carbocycles. The highest BCUT2D eigenvalue weighted by molar-refractivity contribution is 9.10. The number of rotatable bonds is 2. The number of piperidine rings is 1. The molecule has 1 fully saturated rings. The van der Waals surface area contributed by atoms with Gasteiger partial charge in [0.15, 0.2) is 11.3 Å². The van der Waals surface area contributed by atoms with Crippen molar-refractivity contribution in [2.75, 3.05) is 6.54 Å². The minimum Gasteiger partial charge on any atom is -0.334 e. The van der Waals surface area contributed by atoms with Crippen molar-refractivity contribution in [3.63, 3.8) is 0 Å². The van der Waals surface area contributed by atoms with Crippen LogP contribution in [0, 0.1) is 0 Å². The number of aromatic nitrogens is 3. The summed E-state index contributed by atoms with van der Waals surface area (Å²) in [6, 6.07) is 2.11. The predicted molar refractivity (Wildman–Crippen MR) is 79.7 cm³/mol. The number of carbonyl (C=O) groups is 1. The molecule has 0 aliphatic carbocycles. The number of fused-ring (bicyclic) bond motifs is 1. The molecule has 20 heavy (non-hydrogen) atoms. The fraction of sp³-hybridized carbons (Fsp3) is 0.500. The summed E-state index contributed by atoms with van der Waals surface area (Å²) in [6.07, 6.45) is 7.91. The molecular formula is C14H17BrN4O. The lowest BCUT2D eigenvalue weighted by molar-refractivity contribution is 0.0601. The Kier molecular flexibility index (Phi) is 3.74. The number of likely N-dealkylation sites (tertiary alicyclic amines) is 1. The highest BCUT2D eigenvalue weighted by Gasteiger charge is 2.27. The zero-order valence-corrected chi connectivity index (χ0v) is 13.0. The largest absolute Gasteiger partial charge is 0.334 e. The van der Waals surface area contributed by atoms with Crippen LogP contribution in [-0.2, 0) is 0 Å². The van der Waals surface area contributed by atoms with E-state index >= 15 is 0 Å². The van der Waals surface area contributed by atoms with E-state index in [0.29, 0.717) is 17.4 Å². The summed E-state index contributed by atoms with van der Waals surface area (Å²) in [6.45, 7) is 2.97. The predicted octanol–water partition coefficient (Wildman–Crippen LogP) is 2.90. The van der Waals surface area contributed by atoms with E-state index in [-0.39, 0.29) is 5.91 Å². The first-order valence-corrected chi connectivity index (χ1v) is 7.80. The Morgan fingerprint density at radius 2 is 2.35 bits per heavy atom. The van der Waals surface area contributed by atoms with Gasteiger partial charge < -0.3 is 4.90 Å². The van der Waals surface area contributed by atoms with Crippen molar-refractivity contribution < 1.29 is 4.79 Å². The van der Waals surface area contributed by atoms with Crippen molar-refractivity contribution in [1.29, 1.82) is 0 Å². The van der Waals surface area contributed by atoms with Gasteiger partial charge >= 0.3 is 0 Å². The second-order valence-corrected chi connectivity index (χ2v) is 6.08. The average Bonchev–Trinajstić information content (AvgIpc) is 2.89. The van der Waals surface area contributed by atoms with E-state index in [9.17, 15) is 4.79 Å². The van der Waals surface area contributed by atoms with Crippen molar-refractivity contribution in [1.82, 2.24) is 19.5 Å². The third-order valence-electron chi connectivity index (χ3n) is 3.86. The molecule has 0 spiro atoms. The Morgan fingerprint density at radius 1 is 1.50 bits per heavy atom. The van der Waals surface area contributed by atoms with Gasteiger partial charge in [0.05, 0.1) is 4.47 Å². The molecule has 0 unspecified atom stereocenters. The van der Waals surface area contributed by atoms with Crippen LogP contribution in [-0.4, -0.2) is 38.0 Å². The van der Waals surface area contributed by atoms with E-state index in [0.717, 1.165) is 30.3 Å². The van der Waals surface area contributed by atoms with Gasteiger partial charge in [-0.05, 0) is 41.6 Å². The first kappa shape index (κ1) is 13.5. The van der Waals surface area contributed by atoms with Gasteiger partial charge in [0.1, 0.15) is 0 Å². The SMILES string of the molecule is CC[C@@H]1CCCCN1C(=O)c1cc2ncc(Br)cn2n1. The lowest BCUT2D eigenvalue weighted by Gasteiger charge is -2.34. The Bertz CT molecular complexity index is 639.